The summed E-state index contributed by atoms with van der Waals surface area (Å²) in [4.78, 5) is 43.3. The van der Waals surface area contributed by atoms with Crippen molar-refractivity contribution >= 4 is 24.3 Å². The number of amides is 2. The van der Waals surface area contributed by atoms with Gasteiger partial charge >= 0.3 is 0 Å². The van der Waals surface area contributed by atoms with Crippen LogP contribution in [0.1, 0.15) is 59.5 Å². The summed E-state index contributed by atoms with van der Waals surface area (Å²) in [6, 6.07) is 25.7. The third kappa shape index (κ3) is 5.83. The van der Waals surface area contributed by atoms with Gasteiger partial charge in [0, 0.05) is 31.0 Å². The molecule has 1 saturated heterocycles. The van der Waals surface area contributed by atoms with E-state index in [-0.39, 0.29) is 24.2 Å². The van der Waals surface area contributed by atoms with Crippen molar-refractivity contribution in [1.82, 2.24) is 4.90 Å². The van der Waals surface area contributed by atoms with E-state index in [1.807, 2.05) is 65.6 Å². The molecule has 0 bridgehead atoms. The van der Waals surface area contributed by atoms with Crippen LogP contribution < -0.4 is 0 Å². The fourth-order valence-corrected chi connectivity index (χ4v) is 6.19. The van der Waals surface area contributed by atoms with Gasteiger partial charge in [0.05, 0.1) is 6.42 Å². The summed E-state index contributed by atoms with van der Waals surface area (Å²) in [6.07, 6.45) is 4.73. The molecule has 3 unspecified atom stereocenters. The fraction of sp³-hybridized carbons (Fsp3) is 0.333. The number of nitrogens with zero attached hydrogens (tertiary/aromatic N) is 2. The molecule has 0 spiro atoms. The average Bonchev–Trinajstić information content (AvgIpc) is 3.17. The van der Waals surface area contributed by atoms with Crippen molar-refractivity contribution in [3.05, 3.63) is 95.6 Å². The second-order valence-electron chi connectivity index (χ2n) is 10.6. The molecule has 3 aromatic carbocycles. The van der Waals surface area contributed by atoms with E-state index in [4.69, 9.17) is 0 Å². The first kappa shape index (κ1) is 25.8. The standard InChI is InChI=1S/C33H34N2O3/c1-34-32(37)19-23-8-5-11-26(18-23)27-12-6-13-28(20-27)30-21-29(22-31(30)36)24-14-7-16-35(17-15-24)33(38)25-9-3-2-4-10-25/h2-6,8-13,18,20,24,29-30H,1,7,14-17,19,21-22H2. The Labute approximate surface area is 224 Å². The molecular formula is C33H34N2O3. The molecule has 5 rings (SSSR count). The van der Waals surface area contributed by atoms with E-state index in [1.165, 1.54) is 0 Å². The van der Waals surface area contributed by atoms with Gasteiger partial charge in [-0.2, -0.15) is 0 Å². The summed E-state index contributed by atoms with van der Waals surface area (Å²) >= 11 is 0. The summed E-state index contributed by atoms with van der Waals surface area (Å²) in [5.41, 5.74) is 4.78. The van der Waals surface area contributed by atoms with Gasteiger partial charge in [0.2, 0.25) is 5.91 Å². The van der Waals surface area contributed by atoms with Gasteiger partial charge in [-0.1, -0.05) is 66.7 Å². The molecule has 1 saturated carbocycles. The second kappa shape index (κ2) is 11.7. The Morgan fingerprint density at radius 3 is 2.42 bits per heavy atom. The van der Waals surface area contributed by atoms with E-state index in [2.05, 4.69) is 29.9 Å². The zero-order valence-corrected chi connectivity index (χ0v) is 21.7. The number of Topliss-reactive ketones (excluding diaryl/α,β-unsaturated/α-hetero) is 1. The lowest BCUT2D eigenvalue weighted by Gasteiger charge is -2.23. The first-order chi connectivity index (χ1) is 18.5. The van der Waals surface area contributed by atoms with Crippen molar-refractivity contribution in [2.45, 2.75) is 44.4 Å². The second-order valence-corrected chi connectivity index (χ2v) is 10.6. The minimum absolute atomic E-state index is 0.0833. The van der Waals surface area contributed by atoms with Gasteiger partial charge in [-0.3, -0.25) is 14.4 Å². The fourth-order valence-electron chi connectivity index (χ4n) is 6.19. The Morgan fingerprint density at radius 2 is 1.63 bits per heavy atom. The van der Waals surface area contributed by atoms with E-state index < -0.39 is 0 Å². The van der Waals surface area contributed by atoms with E-state index in [9.17, 15) is 14.4 Å². The van der Waals surface area contributed by atoms with Crippen LogP contribution in [0.25, 0.3) is 11.1 Å². The predicted molar refractivity (Wildman–Crippen MR) is 150 cm³/mol. The number of benzene rings is 3. The SMILES string of the molecule is C=NC(=O)Cc1cccc(-c2cccc(C3CC(C4CCCN(C(=O)c5ccccc5)CC4)CC3=O)c2)c1. The molecule has 3 aromatic rings. The minimum atomic E-state index is -0.246. The highest BCUT2D eigenvalue weighted by atomic mass is 16.2. The molecule has 3 atom stereocenters. The van der Waals surface area contributed by atoms with Crippen molar-refractivity contribution in [2.24, 2.45) is 16.8 Å². The first-order valence-corrected chi connectivity index (χ1v) is 13.6. The molecular weight excluding hydrogens is 472 g/mol. The van der Waals surface area contributed by atoms with Gasteiger partial charge in [-0.05, 0) is 78.6 Å². The molecule has 2 fully saturated rings. The minimum Gasteiger partial charge on any atom is -0.339 e. The molecule has 0 aromatic heterocycles. The third-order valence-electron chi connectivity index (χ3n) is 8.22. The highest BCUT2D eigenvalue weighted by Crippen LogP contribution is 2.43. The summed E-state index contributed by atoms with van der Waals surface area (Å²) in [5.74, 6) is 0.935. The van der Waals surface area contributed by atoms with Crippen molar-refractivity contribution in [3.63, 3.8) is 0 Å². The van der Waals surface area contributed by atoms with Gasteiger partial charge in [-0.15, -0.1) is 0 Å². The van der Waals surface area contributed by atoms with Crippen LogP contribution in [0.4, 0.5) is 0 Å². The zero-order chi connectivity index (χ0) is 26.5. The first-order valence-electron chi connectivity index (χ1n) is 13.6. The Hall–Kier alpha value is -3.86. The molecule has 1 aliphatic carbocycles. The molecule has 0 N–H and O–H groups in total. The molecule has 38 heavy (non-hydrogen) atoms. The van der Waals surface area contributed by atoms with Gasteiger partial charge in [0.25, 0.3) is 5.91 Å². The zero-order valence-electron chi connectivity index (χ0n) is 21.7. The Balaban J connectivity index is 1.25. The Kier molecular flexibility index (Phi) is 7.92. The van der Waals surface area contributed by atoms with Crippen LogP contribution in [0.2, 0.25) is 0 Å². The normalized spacial score (nSPS) is 21.6. The lowest BCUT2D eigenvalue weighted by atomic mass is 9.84. The number of ketones is 1. The molecule has 1 aliphatic heterocycles. The Bertz CT molecular complexity index is 1330. The van der Waals surface area contributed by atoms with Gasteiger partial charge in [-0.25, -0.2) is 4.99 Å². The highest BCUT2D eigenvalue weighted by molar-refractivity contribution is 5.94. The average molecular weight is 507 g/mol. The maximum absolute atomic E-state index is 13.2. The molecule has 194 valence electrons. The third-order valence-corrected chi connectivity index (χ3v) is 8.22. The number of aliphatic imine (C=N–C) groups is 1. The number of carbonyl (C=O) groups excluding carboxylic acids is 3. The van der Waals surface area contributed by atoms with Crippen molar-refractivity contribution in [1.29, 1.82) is 0 Å². The Morgan fingerprint density at radius 1 is 0.868 bits per heavy atom. The molecule has 1 heterocycles. The quantitative estimate of drug-likeness (QED) is 0.378. The molecule has 5 heteroatoms. The van der Waals surface area contributed by atoms with Crippen LogP contribution in [0.5, 0.6) is 0 Å². The van der Waals surface area contributed by atoms with E-state index in [0.29, 0.717) is 24.0 Å². The lowest BCUT2D eigenvalue weighted by molar-refractivity contribution is -0.119. The van der Waals surface area contributed by atoms with Crippen LogP contribution in [0.3, 0.4) is 0 Å². The number of hydrogen-bond donors (Lipinski definition) is 0. The van der Waals surface area contributed by atoms with E-state index in [0.717, 1.165) is 66.6 Å². The monoisotopic (exact) mass is 506 g/mol. The van der Waals surface area contributed by atoms with Crippen molar-refractivity contribution in [3.8, 4) is 11.1 Å². The molecule has 2 aliphatic rings. The molecule has 0 radical (unpaired) electrons. The van der Waals surface area contributed by atoms with Gasteiger partial charge < -0.3 is 4.90 Å². The highest BCUT2D eigenvalue weighted by Gasteiger charge is 2.38. The van der Waals surface area contributed by atoms with Crippen LogP contribution in [0, 0.1) is 11.8 Å². The van der Waals surface area contributed by atoms with Gasteiger partial charge in [0.15, 0.2) is 0 Å². The van der Waals surface area contributed by atoms with Crippen molar-refractivity contribution < 1.29 is 14.4 Å². The van der Waals surface area contributed by atoms with Gasteiger partial charge in [0.1, 0.15) is 5.78 Å². The largest absolute Gasteiger partial charge is 0.339 e. The van der Waals surface area contributed by atoms with Crippen LogP contribution in [-0.4, -0.2) is 42.3 Å². The summed E-state index contributed by atoms with van der Waals surface area (Å²) in [5, 5.41) is 0. The molecule has 2 amide bonds. The van der Waals surface area contributed by atoms with E-state index >= 15 is 0 Å². The van der Waals surface area contributed by atoms with Crippen LogP contribution in [-0.2, 0) is 16.0 Å². The molecule has 5 nitrogen and oxygen atoms in total. The van der Waals surface area contributed by atoms with Crippen LogP contribution >= 0.6 is 0 Å². The smallest absolute Gasteiger partial charge is 0.253 e. The predicted octanol–water partition coefficient (Wildman–Crippen LogP) is 6.13. The lowest BCUT2D eigenvalue weighted by Crippen LogP contribution is -2.32. The number of likely N-dealkylation sites (tertiary alicyclic amines) is 1. The number of hydrogen-bond acceptors (Lipinski definition) is 3. The van der Waals surface area contributed by atoms with Crippen molar-refractivity contribution in [2.75, 3.05) is 13.1 Å². The number of carbonyl (C=O) groups is 3. The topological polar surface area (TPSA) is 66.8 Å². The maximum atomic E-state index is 13.2. The van der Waals surface area contributed by atoms with E-state index in [1.54, 1.807) is 0 Å². The van der Waals surface area contributed by atoms with Crippen LogP contribution in [0.15, 0.2) is 83.9 Å². The summed E-state index contributed by atoms with van der Waals surface area (Å²) < 4.78 is 0. The maximum Gasteiger partial charge on any atom is 0.253 e. The summed E-state index contributed by atoms with van der Waals surface area (Å²) in [7, 11) is 0. The number of rotatable bonds is 6. The summed E-state index contributed by atoms with van der Waals surface area (Å²) in [6.45, 7) is 4.86.